The Morgan fingerprint density at radius 3 is 2.11 bits per heavy atom. The van der Waals surface area contributed by atoms with Gasteiger partial charge in [0.1, 0.15) is 5.75 Å². The number of carbonyl (C=O) groups is 1. The molecule has 0 unspecified atom stereocenters. The summed E-state index contributed by atoms with van der Waals surface area (Å²) in [5.74, 6) is 2.58. The number of carbonyl (C=O) groups excluding carboxylic acids is 1. The van der Waals surface area contributed by atoms with E-state index in [1.54, 1.807) is 14.0 Å². The first kappa shape index (κ1) is 27.2. The number of hydrogen-bond acceptors (Lipinski definition) is 4. The van der Waals surface area contributed by atoms with Crippen molar-refractivity contribution in [3.05, 3.63) is 58.1 Å². The summed E-state index contributed by atoms with van der Waals surface area (Å²) in [5.41, 5.74) is 9.54. The average molecular weight is 557 g/mol. The molecule has 3 N–H and O–H groups in total. The number of nitrogens with one attached hydrogen (secondary N) is 1. The highest BCUT2D eigenvalue weighted by molar-refractivity contribution is 9.10. The van der Waals surface area contributed by atoms with E-state index in [-0.39, 0.29) is 5.91 Å². The SMILES string of the molecule is COc1ccc(CN(Cc2ccc(NC(C)=O)cc2)C2CCC(CC3CCC(N)CC3)CC2)cc1Br. The van der Waals surface area contributed by atoms with Gasteiger partial charge < -0.3 is 15.8 Å². The fourth-order valence-electron chi connectivity index (χ4n) is 6.13. The monoisotopic (exact) mass is 555 g/mol. The number of anilines is 1. The predicted octanol–water partition coefficient (Wildman–Crippen LogP) is 6.88. The van der Waals surface area contributed by atoms with E-state index in [2.05, 4.69) is 50.4 Å². The molecule has 2 aliphatic carbocycles. The second kappa shape index (κ2) is 13.1. The second-order valence-electron chi connectivity index (χ2n) is 10.9. The van der Waals surface area contributed by atoms with Crippen molar-refractivity contribution in [2.75, 3.05) is 12.4 Å². The van der Waals surface area contributed by atoms with Crippen LogP contribution in [0.25, 0.3) is 0 Å². The first-order valence-corrected chi connectivity index (χ1v) is 14.4. The smallest absolute Gasteiger partial charge is 0.221 e. The van der Waals surface area contributed by atoms with Gasteiger partial charge in [0.05, 0.1) is 11.6 Å². The molecule has 4 rings (SSSR count). The molecule has 36 heavy (non-hydrogen) atoms. The highest BCUT2D eigenvalue weighted by atomic mass is 79.9. The van der Waals surface area contributed by atoms with Crippen molar-refractivity contribution in [1.82, 2.24) is 4.90 Å². The number of benzene rings is 2. The first-order valence-electron chi connectivity index (χ1n) is 13.6. The maximum Gasteiger partial charge on any atom is 0.221 e. The van der Waals surface area contributed by atoms with E-state index in [1.165, 1.54) is 68.9 Å². The minimum Gasteiger partial charge on any atom is -0.496 e. The van der Waals surface area contributed by atoms with Crippen LogP contribution in [0, 0.1) is 11.8 Å². The number of rotatable bonds is 9. The zero-order chi connectivity index (χ0) is 25.5. The number of hydrogen-bond donors (Lipinski definition) is 2. The molecule has 2 saturated carbocycles. The number of methoxy groups -OCH3 is 1. The number of amides is 1. The Hall–Kier alpha value is -1.89. The summed E-state index contributed by atoms with van der Waals surface area (Å²) in [6.45, 7) is 3.36. The third kappa shape index (κ3) is 7.80. The molecule has 2 aliphatic rings. The van der Waals surface area contributed by atoms with Gasteiger partial charge in [-0.3, -0.25) is 9.69 Å². The summed E-state index contributed by atoms with van der Waals surface area (Å²) in [7, 11) is 1.71. The standard InChI is InChI=1S/C30H42BrN3O2/c1-21(35)33-27-12-5-24(6-13-27)19-34(20-25-9-16-30(36-2)29(31)18-25)28-14-7-23(8-15-28)17-22-3-10-26(32)11-4-22/h5-6,9,12-13,16,18,22-23,26,28H,3-4,7-8,10-11,14-15,17,19-20,32H2,1-2H3,(H,33,35). The van der Waals surface area contributed by atoms with Gasteiger partial charge in [-0.1, -0.05) is 18.2 Å². The summed E-state index contributed by atoms with van der Waals surface area (Å²) >= 11 is 3.66. The molecule has 0 aliphatic heterocycles. The van der Waals surface area contributed by atoms with Crippen LogP contribution in [-0.4, -0.2) is 30.0 Å². The Morgan fingerprint density at radius 1 is 0.944 bits per heavy atom. The predicted molar refractivity (Wildman–Crippen MR) is 151 cm³/mol. The van der Waals surface area contributed by atoms with Gasteiger partial charge in [0.15, 0.2) is 0 Å². The molecule has 1 amide bonds. The van der Waals surface area contributed by atoms with Crippen molar-refractivity contribution in [1.29, 1.82) is 0 Å². The molecule has 196 valence electrons. The molecule has 0 radical (unpaired) electrons. The van der Waals surface area contributed by atoms with Gasteiger partial charge in [-0.15, -0.1) is 0 Å². The van der Waals surface area contributed by atoms with E-state index >= 15 is 0 Å². The van der Waals surface area contributed by atoms with Crippen molar-refractivity contribution < 1.29 is 9.53 Å². The molecule has 2 fully saturated rings. The highest BCUT2D eigenvalue weighted by Crippen LogP contribution is 2.37. The van der Waals surface area contributed by atoms with Gasteiger partial charge >= 0.3 is 0 Å². The maximum absolute atomic E-state index is 11.4. The zero-order valence-electron chi connectivity index (χ0n) is 21.8. The molecule has 5 nitrogen and oxygen atoms in total. The van der Waals surface area contributed by atoms with Gasteiger partial charge in [0.2, 0.25) is 5.91 Å². The third-order valence-electron chi connectivity index (χ3n) is 8.15. The van der Waals surface area contributed by atoms with Crippen LogP contribution in [0.1, 0.15) is 75.8 Å². The molecule has 2 aromatic carbocycles. The van der Waals surface area contributed by atoms with Gasteiger partial charge in [-0.05, 0) is 121 Å². The average Bonchev–Trinajstić information content (AvgIpc) is 2.86. The van der Waals surface area contributed by atoms with E-state index in [0.29, 0.717) is 12.1 Å². The Bertz CT molecular complexity index is 980. The summed E-state index contributed by atoms with van der Waals surface area (Å²) < 4.78 is 6.44. The van der Waals surface area contributed by atoms with Crippen LogP contribution in [0.5, 0.6) is 5.75 Å². The summed E-state index contributed by atoms with van der Waals surface area (Å²) in [5, 5.41) is 2.87. The molecule has 0 saturated heterocycles. The number of nitrogens with two attached hydrogens (primary N) is 1. The largest absolute Gasteiger partial charge is 0.496 e. The van der Waals surface area contributed by atoms with Gasteiger partial charge in [-0.2, -0.15) is 0 Å². The van der Waals surface area contributed by atoms with Gasteiger partial charge in [0, 0.05) is 37.8 Å². The van der Waals surface area contributed by atoms with Gasteiger partial charge in [0.25, 0.3) is 0 Å². The quantitative estimate of drug-likeness (QED) is 0.353. The second-order valence-corrected chi connectivity index (χ2v) is 11.8. The zero-order valence-corrected chi connectivity index (χ0v) is 23.4. The fourth-order valence-corrected chi connectivity index (χ4v) is 6.72. The van der Waals surface area contributed by atoms with Crippen LogP contribution in [-0.2, 0) is 17.9 Å². The van der Waals surface area contributed by atoms with Crippen LogP contribution in [0.2, 0.25) is 0 Å². The van der Waals surface area contributed by atoms with Crippen LogP contribution in [0.4, 0.5) is 5.69 Å². The summed E-state index contributed by atoms with van der Waals surface area (Å²) in [6.07, 6.45) is 11.7. The van der Waals surface area contributed by atoms with Crippen molar-refractivity contribution in [2.45, 2.75) is 89.9 Å². The van der Waals surface area contributed by atoms with E-state index < -0.39 is 0 Å². The Labute approximate surface area is 225 Å². The van der Waals surface area contributed by atoms with E-state index in [1.807, 2.05) is 18.2 Å². The molecular weight excluding hydrogens is 514 g/mol. The van der Waals surface area contributed by atoms with Crippen LogP contribution >= 0.6 is 15.9 Å². The number of nitrogens with zero attached hydrogens (tertiary/aromatic N) is 1. The lowest BCUT2D eigenvalue weighted by molar-refractivity contribution is -0.114. The molecule has 6 heteroatoms. The van der Waals surface area contributed by atoms with Crippen molar-refractivity contribution in [2.24, 2.45) is 17.6 Å². The number of halogens is 1. The highest BCUT2D eigenvalue weighted by Gasteiger charge is 2.29. The van der Waals surface area contributed by atoms with Crippen molar-refractivity contribution >= 4 is 27.5 Å². The molecule has 0 spiro atoms. The topological polar surface area (TPSA) is 67.6 Å². The fraction of sp³-hybridized carbons (Fsp3) is 0.567. The lowest BCUT2D eigenvalue weighted by Gasteiger charge is -2.38. The Balaban J connectivity index is 1.41. The Morgan fingerprint density at radius 2 is 1.53 bits per heavy atom. The van der Waals surface area contributed by atoms with Crippen molar-refractivity contribution in [3.8, 4) is 5.75 Å². The van der Waals surface area contributed by atoms with Crippen LogP contribution in [0.15, 0.2) is 46.9 Å². The summed E-state index contributed by atoms with van der Waals surface area (Å²) in [6, 6.07) is 15.7. The molecule has 0 heterocycles. The number of ether oxygens (including phenoxy) is 1. The van der Waals surface area contributed by atoms with Gasteiger partial charge in [-0.25, -0.2) is 0 Å². The van der Waals surface area contributed by atoms with E-state index in [4.69, 9.17) is 10.5 Å². The van der Waals surface area contributed by atoms with E-state index in [0.717, 1.165) is 40.8 Å². The maximum atomic E-state index is 11.4. The third-order valence-corrected chi connectivity index (χ3v) is 8.77. The first-order chi connectivity index (χ1) is 17.4. The molecule has 2 aromatic rings. The van der Waals surface area contributed by atoms with Crippen LogP contribution in [0.3, 0.4) is 0 Å². The summed E-state index contributed by atoms with van der Waals surface area (Å²) in [4.78, 5) is 14.0. The minimum absolute atomic E-state index is 0.0395. The normalized spacial score (nSPS) is 24.5. The molecule has 0 atom stereocenters. The van der Waals surface area contributed by atoms with E-state index in [9.17, 15) is 4.79 Å². The molecular formula is C30H42BrN3O2. The lowest BCUT2D eigenvalue weighted by atomic mass is 9.75. The molecule has 0 bridgehead atoms. The Kier molecular flexibility index (Phi) is 9.86. The molecule has 0 aromatic heterocycles. The van der Waals surface area contributed by atoms with Crippen LogP contribution < -0.4 is 15.8 Å². The van der Waals surface area contributed by atoms with Crippen molar-refractivity contribution in [3.63, 3.8) is 0 Å². The lowest BCUT2D eigenvalue weighted by Crippen LogP contribution is -2.37. The minimum atomic E-state index is -0.0395.